The van der Waals surface area contributed by atoms with Gasteiger partial charge in [-0.2, -0.15) is 0 Å². The van der Waals surface area contributed by atoms with Gasteiger partial charge in [0.15, 0.2) is 0 Å². The van der Waals surface area contributed by atoms with Gasteiger partial charge in [-0.05, 0) is 23.9 Å². The molecule has 0 atom stereocenters. The lowest BCUT2D eigenvalue weighted by atomic mass is 10.1. The van der Waals surface area contributed by atoms with E-state index in [9.17, 15) is 0 Å². The molecule has 0 aliphatic carbocycles. The summed E-state index contributed by atoms with van der Waals surface area (Å²) < 4.78 is 5.43. The first-order chi connectivity index (χ1) is 11.9. The van der Waals surface area contributed by atoms with E-state index in [2.05, 4.69) is 39.4 Å². The van der Waals surface area contributed by atoms with Crippen molar-refractivity contribution in [3.8, 4) is 9.88 Å². The Morgan fingerprint density at radius 2 is 1.83 bits per heavy atom. The minimum Gasteiger partial charge on any atom is -0.339 e. The number of nitrogens with zero attached hydrogens (tertiary/aromatic N) is 2. The van der Waals surface area contributed by atoms with Crippen molar-refractivity contribution in [2.45, 2.75) is 52.0 Å². The Morgan fingerprint density at radius 3 is 2.67 bits per heavy atom. The van der Waals surface area contributed by atoms with Gasteiger partial charge in [0.25, 0.3) is 0 Å². The van der Waals surface area contributed by atoms with E-state index in [1.54, 1.807) is 11.3 Å². The molecule has 0 N–H and O–H groups in total. The summed E-state index contributed by atoms with van der Waals surface area (Å²) in [5, 5.41) is 5.43. The molecule has 5 heteroatoms. The molecule has 0 fully saturated rings. The first kappa shape index (κ1) is 16.3. The molecular weight excluding hydrogens is 352 g/mol. The third kappa shape index (κ3) is 3.05. The highest BCUT2D eigenvalue weighted by Crippen LogP contribution is 2.42. The molecule has 0 bridgehead atoms. The quantitative estimate of drug-likeness (QED) is 0.294. The highest BCUT2D eigenvalue weighted by atomic mass is 32.1. The van der Waals surface area contributed by atoms with Gasteiger partial charge in [-0.3, -0.25) is 0 Å². The number of thiazole rings is 1. The van der Waals surface area contributed by atoms with E-state index >= 15 is 0 Å². The molecule has 0 amide bonds. The van der Waals surface area contributed by atoms with Crippen LogP contribution >= 0.6 is 34.0 Å². The summed E-state index contributed by atoms with van der Waals surface area (Å²) in [5.41, 5.74) is 2.82. The van der Waals surface area contributed by atoms with E-state index in [0.717, 1.165) is 11.6 Å². The predicted octanol–water partition coefficient (Wildman–Crippen LogP) is 7.40. The molecule has 0 unspecified atom stereocenters. The predicted molar refractivity (Wildman–Crippen MR) is 110 cm³/mol. The second-order valence-corrected chi connectivity index (χ2v) is 9.08. The van der Waals surface area contributed by atoms with E-state index in [1.165, 1.54) is 63.8 Å². The van der Waals surface area contributed by atoms with Gasteiger partial charge in [-0.15, -0.1) is 34.0 Å². The zero-order chi connectivity index (χ0) is 16.4. The van der Waals surface area contributed by atoms with Crippen molar-refractivity contribution in [1.29, 1.82) is 0 Å². The SMILES string of the molecule is CCCCCCCCn1c2ccsc2c2sc(-c3nccs3)cc21. The standard InChI is InChI=1S/C19H22N2S3/c1-2-3-4-5-6-7-10-21-14-8-11-22-17(14)18-15(21)13-16(24-18)19-20-9-12-23-19/h8-9,11-13H,2-7,10H2,1H3. The van der Waals surface area contributed by atoms with E-state index in [4.69, 9.17) is 0 Å². The zero-order valence-electron chi connectivity index (χ0n) is 14.0. The summed E-state index contributed by atoms with van der Waals surface area (Å²) in [4.78, 5) is 5.79. The number of hydrogen-bond donors (Lipinski definition) is 0. The second-order valence-electron chi connectivity index (χ2n) is 6.22. The van der Waals surface area contributed by atoms with Crippen LogP contribution in [0.4, 0.5) is 0 Å². The Labute approximate surface area is 154 Å². The summed E-state index contributed by atoms with van der Waals surface area (Å²) in [6.07, 6.45) is 9.98. The van der Waals surface area contributed by atoms with Crippen molar-refractivity contribution in [2.75, 3.05) is 0 Å². The first-order valence-electron chi connectivity index (χ1n) is 8.77. The molecule has 0 spiro atoms. The highest BCUT2D eigenvalue weighted by Gasteiger charge is 2.16. The second kappa shape index (κ2) is 7.38. The molecule has 24 heavy (non-hydrogen) atoms. The zero-order valence-corrected chi connectivity index (χ0v) is 16.4. The number of hydrogen-bond acceptors (Lipinski definition) is 4. The van der Waals surface area contributed by atoms with Crippen LogP contribution in [0.5, 0.6) is 0 Å². The number of fused-ring (bicyclic) bond motifs is 3. The summed E-state index contributed by atoms with van der Waals surface area (Å²) in [7, 11) is 0. The fourth-order valence-electron chi connectivity index (χ4n) is 3.30. The fraction of sp³-hybridized carbons (Fsp3) is 0.421. The Balaban J connectivity index is 1.59. The monoisotopic (exact) mass is 374 g/mol. The Kier molecular flexibility index (Phi) is 5.01. The van der Waals surface area contributed by atoms with Gasteiger partial charge in [0.05, 0.1) is 25.3 Å². The molecule has 0 aromatic carbocycles. The third-order valence-corrected chi connectivity index (χ3v) is 7.66. The number of aryl methyl sites for hydroxylation is 1. The lowest BCUT2D eigenvalue weighted by molar-refractivity contribution is 0.571. The number of aromatic nitrogens is 2. The molecule has 2 nitrogen and oxygen atoms in total. The van der Waals surface area contributed by atoms with Crippen LogP contribution in [0.1, 0.15) is 45.4 Å². The molecule has 0 radical (unpaired) electrons. The molecule has 4 aromatic rings. The van der Waals surface area contributed by atoms with E-state index in [1.807, 2.05) is 28.9 Å². The van der Waals surface area contributed by atoms with Crippen LogP contribution in [0.2, 0.25) is 0 Å². The maximum atomic E-state index is 4.49. The average molecular weight is 375 g/mol. The minimum atomic E-state index is 1.14. The van der Waals surface area contributed by atoms with Gasteiger partial charge < -0.3 is 4.57 Å². The Hall–Kier alpha value is -1.17. The molecule has 0 aliphatic rings. The number of unbranched alkanes of at least 4 members (excludes halogenated alkanes) is 5. The summed E-state index contributed by atoms with van der Waals surface area (Å²) in [6, 6.07) is 4.63. The molecule has 0 saturated heterocycles. The lowest BCUT2D eigenvalue weighted by Gasteiger charge is -2.06. The van der Waals surface area contributed by atoms with Crippen molar-refractivity contribution in [3.05, 3.63) is 29.1 Å². The summed E-state index contributed by atoms with van der Waals surface area (Å²) in [5.74, 6) is 0. The van der Waals surface area contributed by atoms with Crippen molar-refractivity contribution < 1.29 is 0 Å². The van der Waals surface area contributed by atoms with Gasteiger partial charge in [0, 0.05) is 18.1 Å². The largest absolute Gasteiger partial charge is 0.339 e. The van der Waals surface area contributed by atoms with Crippen molar-refractivity contribution in [2.24, 2.45) is 0 Å². The summed E-state index contributed by atoms with van der Waals surface area (Å²) >= 11 is 5.50. The maximum Gasteiger partial charge on any atom is 0.133 e. The molecule has 4 aromatic heterocycles. The molecule has 0 saturated carbocycles. The maximum absolute atomic E-state index is 4.49. The lowest BCUT2D eigenvalue weighted by Crippen LogP contribution is -1.96. The van der Waals surface area contributed by atoms with Gasteiger partial charge in [-0.25, -0.2) is 4.98 Å². The van der Waals surface area contributed by atoms with E-state index < -0.39 is 0 Å². The smallest absolute Gasteiger partial charge is 0.133 e. The molecule has 126 valence electrons. The first-order valence-corrected chi connectivity index (χ1v) is 11.3. The summed E-state index contributed by atoms with van der Waals surface area (Å²) in [6.45, 7) is 3.41. The third-order valence-electron chi connectivity index (χ3n) is 4.52. The normalized spacial score (nSPS) is 11.9. The number of thiophene rings is 2. The van der Waals surface area contributed by atoms with Crippen LogP contribution < -0.4 is 0 Å². The Morgan fingerprint density at radius 1 is 0.958 bits per heavy atom. The molecule has 4 rings (SSSR count). The van der Waals surface area contributed by atoms with Gasteiger partial charge in [0.2, 0.25) is 0 Å². The molecule has 4 heterocycles. The van der Waals surface area contributed by atoms with Gasteiger partial charge in [0.1, 0.15) is 5.01 Å². The van der Waals surface area contributed by atoms with Crippen LogP contribution in [0.25, 0.3) is 30.3 Å². The van der Waals surface area contributed by atoms with Crippen molar-refractivity contribution >= 4 is 54.4 Å². The van der Waals surface area contributed by atoms with E-state index in [-0.39, 0.29) is 0 Å². The van der Waals surface area contributed by atoms with Crippen LogP contribution in [-0.2, 0) is 6.54 Å². The van der Waals surface area contributed by atoms with Gasteiger partial charge in [-0.1, -0.05) is 39.0 Å². The van der Waals surface area contributed by atoms with Crippen LogP contribution in [0, 0.1) is 0 Å². The molecule has 0 aliphatic heterocycles. The Bertz CT molecular complexity index is 911. The average Bonchev–Trinajstić information content (AvgIpc) is 3.32. The van der Waals surface area contributed by atoms with Crippen LogP contribution in [-0.4, -0.2) is 9.55 Å². The fourth-order valence-corrected chi connectivity index (χ4v) is 6.23. The minimum absolute atomic E-state index is 1.14. The van der Waals surface area contributed by atoms with E-state index in [0.29, 0.717) is 0 Å². The van der Waals surface area contributed by atoms with Gasteiger partial charge >= 0.3 is 0 Å². The van der Waals surface area contributed by atoms with Crippen LogP contribution in [0.3, 0.4) is 0 Å². The van der Waals surface area contributed by atoms with Crippen molar-refractivity contribution in [1.82, 2.24) is 9.55 Å². The van der Waals surface area contributed by atoms with Crippen LogP contribution in [0.15, 0.2) is 29.1 Å². The molecular formula is C19H22N2S3. The topological polar surface area (TPSA) is 17.8 Å². The highest BCUT2D eigenvalue weighted by molar-refractivity contribution is 7.29. The van der Waals surface area contributed by atoms with Crippen molar-refractivity contribution in [3.63, 3.8) is 0 Å². The number of rotatable bonds is 8.